The lowest BCUT2D eigenvalue weighted by Gasteiger charge is -2.32. The van der Waals surface area contributed by atoms with Crippen LogP contribution in [0.3, 0.4) is 0 Å². The Morgan fingerprint density at radius 2 is 2.04 bits per heavy atom. The zero-order valence-electron chi connectivity index (χ0n) is 15.8. The van der Waals surface area contributed by atoms with Gasteiger partial charge in [0.2, 0.25) is 0 Å². The van der Waals surface area contributed by atoms with E-state index in [4.69, 9.17) is 14.0 Å². The fraction of sp³-hybridized carbons (Fsp3) is 0.765. The average Bonchev–Trinajstić information content (AvgIpc) is 3.14. The molecule has 2 aliphatic heterocycles. The SMILES string of the molecule is CC1(C)COB(c2cn(C3CCN(C(=O)OC(C)(C)C)C3)cn2)OC1. The number of carbonyl (C=O) groups is 1. The third kappa shape index (κ3) is 4.55. The number of hydrogen-bond acceptors (Lipinski definition) is 5. The number of likely N-dealkylation sites (tertiary alicyclic amines) is 1. The number of amides is 1. The second-order valence-electron chi connectivity index (χ2n) is 8.73. The summed E-state index contributed by atoms with van der Waals surface area (Å²) in [6.45, 7) is 12.5. The van der Waals surface area contributed by atoms with Gasteiger partial charge in [-0.25, -0.2) is 9.78 Å². The van der Waals surface area contributed by atoms with Gasteiger partial charge < -0.3 is 23.5 Å². The van der Waals surface area contributed by atoms with E-state index in [0.29, 0.717) is 26.3 Å². The molecular formula is C17H28BN3O4. The molecule has 0 aromatic carbocycles. The summed E-state index contributed by atoms with van der Waals surface area (Å²) in [6.07, 6.45) is 4.39. The highest BCUT2D eigenvalue weighted by Crippen LogP contribution is 2.24. The van der Waals surface area contributed by atoms with Gasteiger partial charge in [0.15, 0.2) is 0 Å². The second kappa shape index (κ2) is 6.65. The summed E-state index contributed by atoms with van der Waals surface area (Å²) in [4.78, 5) is 18.4. The molecule has 0 bridgehead atoms. The van der Waals surface area contributed by atoms with E-state index in [1.807, 2.05) is 31.5 Å². The number of ether oxygens (including phenoxy) is 1. The highest BCUT2D eigenvalue weighted by molar-refractivity contribution is 6.60. The summed E-state index contributed by atoms with van der Waals surface area (Å²) in [5, 5.41) is 0. The Labute approximate surface area is 149 Å². The predicted molar refractivity (Wildman–Crippen MR) is 94.8 cm³/mol. The van der Waals surface area contributed by atoms with Crippen molar-refractivity contribution in [2.45, 2.75) is 52.7 Å². The monoisotopic (exact) mass is 349 g/mol. The van der Waals surface area contributed by atoms with Crippen LogP contribution in [0.2, 0.25) is 0 Å². The Morgan fingerprint density at radius 1 is 1.36 bits per heavy atom. The Hall–Kier alpha value is -1.54. The van der Waals surface area contributed by atoms with E-state index in [1.54, 1.807) is 11.2 Å². The minimum absolute atomic E-state index is 0.0401. The molecule has 3 heterocycles. The smallest absolute Gasteiger partial charge is 0.444 e. The molecule has 2 saturated heterocycles. The summed E-state index contributed by atoms with van der Waals surface area (Å²) in [6, 6.07) is 0.203. The van der Waals surface area contributed by atoms with Crippen LogP contribution in [0.15, 0.2) is 12.5 Å². The normalized spacial score (nSPS) is 23.8. The lowest BCUT2D eigenvalue weighted by molar-refractivity contribution is 0.0289. The summed E-state index contributed by atoms with van der Waals surface area (Å²) >= 11 is 0. The van der Waals surface area contributed by atoms with E-state index in [1.165, 1.54) is 0 Å². The number of aromatic nitrogens is 2. The average molecular weight is 349 g/mol. The predicted octanol–water partition coefficient (Wildman–Crippen LogP) is 1.83. The second-order valence-corrected chi connectivity index (χ2v) is 8.73. The molecule has 8 heteroatoms. The summed E-state index contributed by atoms with van der Waals surface area (Å²) < 4.78 is 19.1. The first-order chi connectivity index (χ1) is 11.6. The van der Waals surface area contributed by atoms with Crippen molar-refractivity contribution >= 4 is 18.8 Å². The highest BCUT2D eigenvalue weighted by atomic mass is 16.6. The van der Waals surface area contributed by atoms with E-state index in [9.17, 15) is 4.79 Å². The topological polar surface area (TPSA) is 65.8 Å². The van der Waals surface area contributed by atoms with Gasteiger partial charge in [0.05, 0.1) is 18.0 Å². The maximum absolute atomic E-state index is 12.2. The van der Waals surface area contributed by atoms with Crippen LogP contribution in [0.25, 0.3) is 0 Å². The standard InChI is InChI=1S/C17H28BN3O4/c1-16(2,3)25-15(22)20-7-6-13(8-20)21-9-14(19-12-21)18-23-10-17(4,5)11-24-18/h9,12-13H,6-8,10-11H2,1-5H3. The highest BCUT2D eigenvalue weighted by Gasteiger charge is 2.36. The molecule has 138 valence electrons. The Morgan fingerprint density at radius 3 is 2.68 bits per heavy atom. The lowest BCUT2D eigenvalue weighted by Crippen LogP contribution is -2.48. The third-order valence-electron chi connectivity index (χ3n) is 4.35. The van der Waals surface area contributed by atoms with E-state index in [0.717, 1.165) is 12.0 Å². The molecule has 1 aromatic heterocycles. The van der Waals surface area contributed by atoms with Gasteiger partial charge in [-0.3, -0.25) is 0 Å². The Bertz CT molecular complexity index is 616. The number of rotatable bonds is 2. The van der Waals surface area contributed by atoms with Crippen LogP contribution in [0.1, 0.15) is 47.1 Å². The van der Waals surface area contributed by atoms with Crippen molar-refractivity contribution in [3.8, 4) is 0 Å². The molecule has 2 aliphatic rings. The largest absolute Gasteiger partial charge is 0.515 e. The van der Waals surface area contributed by atoms with Crippen LogP contribution in [0, 0.1) is 5.41 Å². The first-order valence-corrected chi connectivity index (χ1v) is 8.87. The van der Waals surface area contributed by atoms with Crippen molar-refractivity contribution in [2.75, 3.05) is 26.3 Å². The molecule has 0 saturated carbocycles. The van der Waals surface area contributed by atoms with E-state index < -0.39 is 12.7 Å². The van der Waals surface area contributed by atoms with Crippen molar-refractivity contribution in [2.24, 2.45) is 5.41 Å². The Balaban J connectivity index is 1.57. The van der Waals surface area contributed by atoms with Crippen molar-refractivity contribution in [1.82, 2.24) is 14.5 Å². The molecule has 0 aliphatic carbocycles. The Kier molecular flexibility index (Phi) is 4.85. The van der Waals surface area contributed by atoms with Gasteiger partial charge in [-0.05, 0) is 27.2 Å². The van der Waals surface area contributed by atoms with Crippen LogP contribution in [0.4, 0.5) is 4.79 Å². The van der Waals surface area contributed by atoms with Crippen LogP contribution in [-0.4, -0.2) is 59.6 Å². The summed E-state index contributed by atoms with van der Waals surface area (Å²) in [5.41, 5.74) is 0.352. The summed E-state index contributed by atoms with van der Waals surface area (Å²) in [7, 11) is -0.405. The fourth-order valence-corrected chi connectivity index (χ4v) is 3.01. The molecule has 1 atom stereocenters. The molecule has 0 spiro atoms. The number of hydrogen-bond donors (Lipinski definition) is 0. The van der Waals surface area contributed by atoms with Gasteiger partial charge in [0.25, 0.3) is 0 Å². The van der Waals surface area contributed by atoms with Gasteiger partial charge >= 0.3 is 13.2 Å². The number of imidazole rings is 1. The molecule has 1 amide bonds. The number of nitrogens with zero attached hydrogens (tertiary/aromatic N) is 3. The summed E-state index contributed by atoms with van der Waals surface area (Å²) in [5.74, 6) is 0. The fourth-order valence-electron chi connectivity index (χ4n) is 3.01. The molecule has 0 N–H and O–H groups in total. The molecule has 25 heavy (non-hydrogen) atoms. The first kappa shape index (κ1) is 18.3. The van der Waals surface area contributed by atoms with Crippen LogP contribution in [0.5, 0.6) is 0 Å². The molecular weight excluding hydrogens is 321 g/mol. The molecule has 1 aromatic rings. The quantitative estimate of drug-likeness (QED) is 0.763. The molecule has 7 nitrogen and oxygen atoms in total. The maximum Gasteiger partial charge on any atom is 0.515 e. The molecule has 3 rings (SSSR count). The van der Waals surface area contributed by atoms with Crippen molar-refractivity contribution in [3.63, 3.8) is 0 Å². The van der Waals surface area contributed by atoms with Gasteiger partial charge in [-0.2, -0.15) is 0 Å². The zero-order chi connectivity index (χ0) is 18.2. The minimum atomic E-state index is -0.471. The van der Waals surface area contributed by atoms with Crippen molar-refractivity contribution in [3.05, 3.63) is 12.5 Å². The van der Waals surface area contributed by atoms with Crippen LogP contribution < -0.4 is 5.59 Å². The molecule has 2 fully saturated rings. The van der Waals surface area contributed by atoms with Gasteiger partial charge in [0, 0.05) is 37.9 Å². The van der Waals surface area contributed by atoms with Gasteiger partial charge in [-0.1, -0.05) is 13.8 Å². The van der Waals surface area contributed by atoms with Crippen LogP contribution in [-0.2, 0) is 14.0 Å². The first-order valence-electron chi connectivity index (χ1n) is 8.87. The zero-order valence-corrected chi connectivity index (χ0v) is 15.8. The van der Waals surface area contributed by atoms with Gasteiger partial charge in [-0.15, -0.1) is 0 Å². The number of carbonyl (C=O) groups excluding carboxylic acids is 1. The third-order valence-corrected chi connectivity index (χ3v) is 4.35. The van der Waals surface area contributed by atoms with Gasteiger partial charge in [0.1, 0.15) is 5.60 Å². The lowest BCUT2D eigenvalue weighted by atomic mass is 9.80. The van der Waals surface area contributed by atoms with E-state index >= 15 is 0 Å². The van der Waals surface area contributed by atoms with Crippen molar-refractivity contribution < 1.29 is 18.8 Å². The molecule has 1 unspecified atom stereocenters. The van der Waals surface area contributed by atoms with Crippen LogP contribution >= 0.6 is 0 Å². The van der Waals surface area contributed by atoms with E-state index in [2.05, 4.69) is 18.8 Å². The maximum atomic E-state index is 12.2. The van der Waals surface area contributed by atoms with E-state index in [-0.39, 0.29) is 17.6 Å². The van der Waals surface area contributed by atoms with Crippen molar-refractivity contribution in [1.29, 1.82) is 0 Å². The molecule has 0 radical (unpaired) electrons. The minimum Gasteiger partial charge on any atom is -0.444 e.